The van der Waals surface area contributed by atoms with Gasteiger partial charge in [0.25, 0.3) is 6.43 Å². The Morgan fingerprint density at radius 1 is 0.882 bits per heavy atom. The van der Waals surface area contributed by atoms with E-state index in [1.807, 2.05) is 0 Å². The van der Waals surface area contributed by atoms with Crippen molar-refractivity contribution in [1.82, 2.24) is 4.90 Å². The molecule has 0 N–H and O–H groups in total. The van der Waals surface area contributed by atoms with E-state index in [-0.39, 0.29) is 12.6 Å². The number of nitrogens with zero attached hydrogens (tertiary/aromatic N) is 1. The van der Waals surface area contributed by atoms with Crippen molar-refractivity contribution in [3.63, 3.8) is 0 Å². The van der Waals surface area contributed by atoms with Crippen molar-refractivity contribution in [3.8, 4) is 0 Å². The van der Waals surface area contributed by atoms with E-state index in [1.54, 1.807) is 18.2 Å². The van der Waals surface area contributed by atoms with Gasteiger partial charge in [0.05, 0.1) is 23.4 Å². The van der Waals surface area contributed by atoms with Crippen molar-refractivity contribution < 1.29 is 44.3 Å². The van der Waals surface area contributed by atoms with Crippen LogP contribution in [0.25, 0.3) is 5.70 Å². The Morgan fingerprint density at radius 3 is 1.82 bits per heavy atom. The summed E-state index contributed by atoms with van der Waals surface area (Å²) in [6.07, 6.45) is -17.0. The summed E-state index contributed by atoms with van der Waals surface area (Å²) in [7, 11) is 0. The Bertz CT molecular complexity index is 1070. The lowest BCUT2D eigenvalue weighted by Gasteiger charge is -2.29. The third kappa shape index (κ3) is 4.52. The second-order valence-electron chi connectivity index (χ2n) is 8.08. The molecule has 1 aliphatic rings. The summed E-state index contributed by atoms with van der Waals surface area (Å²) in [5.74, 6) is -1.19. The summed E-state index contributed by atoms with van der Waals surface area (Å²) in [5.41, 5.74) is -6.95. The monoisotopic (exact) mass is 495 g/mol. The van der Waals surface area contributed by atoms with E-state index < -0.39 is 64.2 Å². The quantitative estimate of drug-likeness (QED) is 0.405. The summed E-state index contributed by atoms with van der Waals surface area (Å²) in [4.78, 5) is 14.0. The molecule has 1 heterocycles. The molecule has 3 rings (SSSR count). The lowest BCUT2D eigenvalue weighted by atomic mass is 9.78. The maximum Gasteiger partial charge on any atom is 0.416 e. The van der Waals surface area contributed by atoms with Crippen LogP contribution in [0.1, 0.15) is 36.1 Å². The molecule has 0 saturated carbocycles. The largest absolute Gasteiger partial charge is 0.416 e. The van der Waals surface area contributed by atoms with E-state index in [2.05, 4.69) is 0 Å². The van der Waals surface area contributed by atoms with Gasteiger partial charge in [0.2, 0.25) is 5.91 Å². The zero-order valence-electron chi connectivity index (χ0n) is 17.7. The number of amides is 1. The van der Waals surface area contributed by atoms with Crippen LogP contribution in [0.3, 0.4) is 0 Å². The summed E-state index contributed by atoms with van der Waals surface area (Å²) in [6.45, 7) is 1.54. The lowest BCUT2D eigenvalue weighted by Crippen LogP contribution is -2.44. The molecule has 184 valence electrons. The highest BCUT2D eigenvalue weighted by atomic mass is 19.4. The average Bonchev–Trinajstić information content (AvgIpc) is 2.94. The molecule has 1 aliphatic heterocycles. The highest BCUT2D eigenvalue weighted by Gasteiger charge is 2.56. The molecule has 0 spiro atoms. The average molecular weight is 495 g/mol. The van der Waals surface area contributed by atoms with Crippen LogP contribution in [0.15, 0.2) is 54.1 Å². The summed E-state index contributed by atoms with van der Waals surface area (Å²) < 4.78 is 122. The molecule has 2 atom stereocenters. The van der Waals surface area contributed by atoms with Gasteiger partial charge in [-0.2, -0.15) is 26.3 Å². The summed E-state index contributed by atoms with van der Waals surface area (Å²) in [6, 6.07) is 8.48. The van der Waals surface area contributed by atoms with Crippen molar-refractivity contribution in [2.24, 2.45) is 5.41 Å². The van der Waals surface area contributed by atoms with E-state index in [0.29, 0.717) is 17.7 Å². The molecule has 2 aromatic carbocycles. The summed E-state index contributed by atoms with van der Waals surface area (Å²) in [5, 5.41) is 0. The first kappa shape index (κ1) is 25.6. The van der Waals surface area contributed by atoms with Crippen molar-refractivity contribution in [2.75, 3.05) is 0 Å². The smallest absolute Gasteiger partial charge is 0.307 e. The fourth-order valence-corrected chi connectivity index (χ4v) is 3.95. The molecule has 0 bridgehead atoms. The molecule has 0 saturated heterocycles. The molecule has 2 nitrogen and oxygen atoms in total. The molecule has 2 unspecified atom stereocenters. The van der Waals surface area contributed by atoms with Crippen LogP contribution in [0, 0.1) is 5.41 Å². The number of hydrogen-bond donors (Lipinski definition) is 0. The highest BCUT2D eigenvalue weighted by Crippen LogP contribution is 2.50. The fraction of sp³-hybridized carbons (Fsp3) is 0.348. The molecule has 0 fully saturated rings. The van der Waals surface area contributed by atoms with Gasteiger partial charge in [-0.25, -0.2) is 13.2 Å². The number of alkyl halides is 9. The van der Waals surface area contributed by atoms with Crippen LogP contribution < -0.4 is 0 Å². The number of carbonyl (C=O) groups excluding carboxylic acids is 1. The van der Waals surface area contributed by atoms with Gasteiger partial charge in [-0.05, 0) is 48.7 Å². The Balaban J connectivity index is 2.30. The highest BCUT2D eigenvalue weighted by molar-refractivity contribution is 6.01. The van der Waals surface area contributed by atoms with E-state index in [1.165, 1.54) is 12.1 Å². The molecular weight excluding hydrogens is 477 g/mol. The van der Waals surface area contributed by atoms with Crippen LogP contribution in [0.2, 0.25) is 0 Å². The van der Waals surface area contributed by atoms with E-state index in [9.17, 15) is 44.3 Å². The van der Waals surface area contributed by atoms with Gasteiger partial charge in [0.1, 0.15) is 5.41 Å². The molecule has 0 aromatic heterocycles. The molecule has 0 radical (unpaired) electrons. The number of carbonyl (C=O) groups is 1. The summed E-state index contributed by atoms with van der Waals surface area (Å²) >= 11 is 0. The normalized spacial score (nSPS) is 20.5. The Kier molecular flexibility index (Phi) is 6.53. The third-order valence-electron chi connectivity index (χ3n) is 5.91. The number of halogens is 9. The predicted octanol–water partition coefficient (Wildman–Crippen LogP) is 7.11. The Hall–Kier alpha value is -2.98. The van der Waals surface area contributed by atoms with Crippen molar-refractivity contribution in [3.05, 3.63) is 76.4 Å². The Labute approximate surface area is 188 Å². The van der Waals surface area contributed by atoms with Crippen LogP contribution in [0.4, 0.5) is 39.5 Å². The van der Waals surface area contributed by atoms with Gasteiger partial charge in [0.15, 0.2) is 6.17 Å². The van der Waals surface area contributed by atoms with E-state index >= 15 is 0 Å². The topological polar surface area (TPSA) is 20.3 Å². The minimum absolute atomic E-state index is 0.0893. The second kappa shape index (κ2) is 8.66. The maximum atomic E-state index is 14.7. The zero-order valence-corrected chi connectivity index (χ0v) is 17.7. The van der Waals surface area contributed by atoms with Gasteiger partial charge < -0.3 is 4.90 Å². The van der Waals surface area contributed by atoms with Crippen LogP contribution in [0.5, 0.6) is 0 Å². The van der Waals surface area contributed by atoms with Gasteiger partial charge in [-0.1, -0.05) is 30.3 Å². The zero-order chi connectivity index (χ0) is 25.6. The minimum atomic E-state index is -5.17. The first-order valence-corrected chi connectivity index (χ1v) is 9.87. The first-order valence-electron chi connectivity index (χ1n) is 9.87. The maximum absolute atomic E-state index is 14.7. The van der Waals surface area contributed by atoms with Crippen molar-refractivity contribution in [2.45, 2.75) is 45.3 Å². The number of benzene rings is 2. The van der Waals surface area contributed by atoms with Gasteiger partial charge in [-0.15, -0.1) is 0 Å². The first-order chi connectivity index (χ1) is 15.6. The van der Waals surface area contributed by atoms with Gasteiger partial charge in [-0.3, -0.25) is 4.79 Å². The van der Waals surface area contributed by atoms with Crippen LogP contribution in [-0.2, 0) is 23.7 Å². The standard InChI is InChI=1S/C23H18F9NO/c1-12-17(14-8-15(22(27,28)29)10-16(9-14)23(30,31)32)33(11-13-6-4-3-5-7-13)20(34)21(12,2)18(24)19(25)26/h3-10,18-19H,11H2,1-2H3. The number of hydrogen-bond acceptors (Lipinski definition) is 1. The van der Waals surface area contributed by atoms with E-state index in [4.69, 9.17) is 0 Å². The van der Waals surface area contributed by atoms with Crippen molar-refractivity contribution >= 4 is 11.6 Å². The predicted molar refractivity (Wildman–Crippen MR) is 105 cm³/mol. The Morgan fingerprint density at radius 2 is 1.38 bits per heavy atom. The van der Waals surface area contributed by atoms with Gasteiger partial charge in [0, 0.05) is 0 Å². The second-order valence-corrected chi connectivity index (χ2v) is 8.08. The molecule has 11 heteroatoms. The SMILES string of the molecule is CC1=C(c2cc(C(F)(F)F)cc(C(F)(F)F)c2)N(Cc2ccccc2)C(=O)C1(C)C(F)C(F)F. The van der Waals surface area contributed by atoms with Crippen LogP contribution >= 0.6 is 0 Å². The minimum Gasteiger partial charge on any atom is -0.307 e. The van der Waals surface area contributed by atoms with Crippen LogP contribution in [-0.4, -0.2) is 23.4 Å². The fourth-order valence-electron chi connectivity index (χ4n) is 3.95. The van der Waals surface area contributed by atoms with Gasteiger partial charge >= 0.3 is 12.4 Å². The number of rotatable bonds is 5. The molecule has 1 amide bonds. The molecule has 2 aromatic rings. The third-order valence-corrected chi connectivity index (χ3v) is 5.91. The molecular formula is C23H18F9NO. The molecule has 34 heavy (non-hydrogen) atoms. The lowest BCUT2D eigenvalue weighted by molar-refractivity contribution is -0.143. The van der Waals surface area contributed by atoms with Crippen molar-refractivity contribution in [1.29, 1.82) is 0 Å². The van der Waals surface area contributed by atoms with E-state index in [0.717, 1.165) is 18.7 Å². The molecule has 0 aliphatic carbocycles.